The van der Waals surface area contributed by atoms with Crippen molar-refractivity contribution in [2.75, 3.05) is 25.2 Å². The maximum Gasteiger partial charge on any atom is 0.326 e. The van der Waals surface area contributed by atoms with Crippen LogP contribution in [0.1, 0.15) is 19.3 Å². The Morgan fingerprint density at radius 3 is 2.80 bits per heavy atom. The molecule has 0 amide bonds. The molecule has 5 heteroatoms. The van der Waals surface area contributed by atoms with E-state index in [0.717, 1.165) is 25.0 Å². The van der Waals surface area contributed by atoms with Gasteiger partial charge in [0, 0.05) is 12.4 Å². The molecular weight excluding hydrogens is 214 g/mol. The average Bonchev–Trinajstić information content (AvgIpc) is 3.06. The van der Waals surface area contributed by atoms with Gasteiger partial charge in [0.15, 0.2) is 0 Å². The molecule has 0 aromatic rings. The van der Waals surface area contributed by atoms with Crippen molar-refractivity contribution in [3.8, 4) is 0 Å². The minimum Gasteiger partial charge on any atom is -0.468 e. The van der Waals surface area contributed by atoms with Crippen LogP contribution in [0.4, 0.5) is 0 Å². The Morgan fingerprint density at radius 2 is 2.33 bits per heavy atom. The molecular formula is C10H19NO3S. The monoisotopic (exact) mass is 233 g/mol. The summed E-state index contributed by atoms with van der Waals surface area (Å²) in [4.78, 5) is 11.6. The Morgan fingerprint density at radius 1 is 1.67 bits per heavy atom. The van der Waals surface area contributed by atoms with Crippen molar-refractivity contribution in [2.24, 2.45) is 11.7 Å². The Labute approximate surface area is 94.6 Å². The molecule has 0 heterocycles. The fourth-order valence-corrected chi connectivity index (χ4v) is 2.71. The van der Waals surface area contributed by atoms with Gasteiger partial charge in [0.25, 0.3) is 0 Å². The van der Waals surface area contributed by atoms with Crippen LogP contribution >= 0.6 is 11.8 Å². The summed E-state index contributed by atoms with van der Waals surface area (Å²) in [6.45, 7) is 0.187. The molecule has 0 aliphatic heterocycles. The predicted octanol–water partition coefficient (Wildman–Crippen LogP) is 0.382. The minimum absolute atomic E-state index is 0.187. The predicted molar refractivity (Wildman–Crippen MR) is 60.7 cm³/mol. The van der Waals surface area contributed by atoms with E-state index < -0.39 is 5.54 Å². The topological polar surface area (TPSA) is 72.5 Å². The quantitative estimate of drug-likeness (QED) is 0.491. The van der Waals surface area contributed by atoms with Gasteiger partial charge in [0.05, 0.1) is 7.11 Å². The van der Waals surface area contributed by atoms with Crippen LogP contribution in [0.15, 0.2) is 0 Å². The molecule has 1 aliphatic carbocycles. The lowest BCUT2D eigenvalue weighted by Crippen LogP contribution is -2.53. The van der Waals surface area contributed by atoms with E-state index in [1.165, 1.54) is 7.11 Å². The van der Waals surface area contributed by atoms with E-state index in [9.17, 15) is 4.79 Å². The van der Waals surface area contributed by atoms with Crippen LogP contribution in [0.2, 0.25) is 0 Å². The van der Waals surface area contributed by atoms with Crippen molar-refractivity contribution >= 4 is 17.7 Å². The molecule has 4 nitrogen and oxygen atoms in total. The maximum atomic E-state index is 11.6. The summed E-state index contributed by atoms with van der Waals surface area (Å²) in [6.07, 6.45) is 2.78. The zero-order chi connectivity index (χ0) is 11.3. The van der Waals surface area contributed by atoms with Gasteiger partial charge in [-0.2, -0.15) is 11.8 Å². The molecule has 1 atom stereocenters. The number of ether oxygens (including phenoxy) is 1. The van der Waals surface area contributed by atoms with Crippen LogP contribution in [-0.4, -0.2) is 41.8 Å². The molecule has 1 fully saturated rings. The number of nitrogens with two attached hydrogens (primary N) is 1. The first-order chi connectivity index (χ1) is 7.15. The SMILES string of the molecule is COC(=O)C(N)(CSCCCO)C1CC1. The van der Waals surface area contributed by atoms with Crippen LogP contribution in [0, 0.1) is 5.92 Å². The van der Waals surface area contributed by atoms with E-state index in [2.05, 4.69) is 0 Å². The van der Waals surface area contributed by atoms with Gasteiger partial charge in [0.1, 0.15) is 5.54 Å². The summed E-state index contributed by atoms with van der Waals surface area (Å²) >= 11 is 1.61. The molecule has 88 valence electrons. The van der Waals surface area contributed by atoms with Crippen LogP contribution in [0.5, 0.6) is 0 Å². The number of rotatable bonds is 7. The van der Waals surface area contributed by atoms with E-state index in [-0.39, 0.29) is 18.5 Å². The number of methoxy groups -OCH3 is 1. The molecule has 0 saturated heterocycles. The highest BCUT2D eigenvalue weighted by Crippen LogP contribution is 2.40. The third-order valence-corrected chi connectivity index (χ3v) is 3.92. The summed E-state index contributed by atoms with van der Waals surface area (Å²) in [7, 11) is 1.38. The first-order valence-electron chi connectivity index (χ1n) is 5.21. The molecule has 0 bridgehead atoms. The molecule has 0 aromatic carbocycles. The first-order valence-corrected chi connectivity index (χ1v) is 6.36. The molecule has 1 saturated carbocycles. The van der Waals surface area contributed by atoms with Gasteiger partial charge in [-0.3, -0.25) is 4.79 Å². The molecule has 3 N–H and O–H groups in total. The number of hydrogen-bond acceptors (Lipinski definition) is 5. The molecule has 0 aromatic heterocycles. The van der Waals surface area contributed by atoms with Crippen molar-refractivity contribution in [1.29, 1.82) is 0 Å². The summed E-state index contributed by atoms with van der Waals surface area (Å²) in [5, 5.41) is 8.64. The average molecular weight is 233 g/mol. The van der Waals surface area contributed by atoms with Crippen LogP contribution < -0.4 is 5.73 Å². The van der Waals surface area contributed by atoms with Gasteiger partial charge in [-0.25, -0.2) is 0 Å². The largest absolute Gasteiger partial charge is 0.468 e. The normalized spacial score (nSPS) is 19.7. The fraction of sp³-hybridized carbons (Fsp3) is 0.900. The highest BCUT2D eigenvalue weighted by Gasteiger charge is 2.48. The van der Waals surface area contributed by atoms with Gasteiger partial charge < -0.3 is 15.6 Å². The van der Waals surface area contributed by atoms with Crippen molar-refractivity contribution in [3.63, 3.8) is 0 Å². The standard InChI is InChI=1S/C10H19NO3S/c1-14-9(13)10(11,8-3-4-8)7-15-6-2-5-12/h8,12H,2-7,11H2,1H3. The molecule has 1 rings (SSSR count). The lowest BCUT2D eigenvalue weighted by molar-refractivity contribution is -0.146. The van der Waals surface area contributed by atoms with Gasteiger partial charge >= 0.3 is 5.97 Å². The lowest BCUT2D eigenvalue weighted by Gasteiger charge is -2.25. The Kier molecular flexibility index (Phi) is 4.89. The maximum absolute atomic E-state index is 11.6. The Balaban J connectivity index is 2.39. The number of aliphatic hydroxyl groups is 1. The molecule has 1 aliphatic rings. The van der Waals surface area contributed by atoms with Crippen LogP contribution in [0.25, 0.3) is 0 Å². The van der Waals surface area contributed by atoms with E-state index in [4.69, 9.17) is 15.6 Å². The number of aliphatic hydroxyl groups excluding tert-OH is 1. The zero-order valence-corrected chi connectivity index (χ0v) is 9.89. The Hall–Kier alpha value is -0.260. The van der Waals surface area contributed by atoms with Crippen molar-refractivity contribution < 1.29 is 14.6 Å². The van der Waals surface area contributed by atoms with E-state index in [1.807, 2.05) is 0 Å². The molecule has 0 spiro atoms. The van der Waals surface area contributed by atoms with Gasteiger partial charge in [-0.1, -0.05) is 0 Å². The highest BCUT2D eigenvalue weighted by molar-refractivity contribution is 7.99. The van der Waals surface area contributed by atoms with E-state index in [0.29, 0.717) is 5.75 Å². The smallest absolute Gasteiger partial charge is 0.326 e. The molecule has 15 heavy (non-hydrogen) atoms. The van der Waals surface area contributed by atoms with Crippen molar-refractivity contribution in [3.05, 3.63) is 0 Å². The molecule has 1 unspecified atom stereocenters. The number of carbonyl (C=O) groups is 1. The second-order valence-corrected chi connectivity index (χ2v) is 5.04. The number of esters is 1. The van der Waals surface area contributed by atoms with Gasteiger partial charge in [0.2, 0.25) is 0 Å². The van der Waals surface area contributed by atoms with Gasteiger partial charge in [-0.05, 0) is 30.9 Å². The van der Waals surface area contributed by atoms with Crippen LogP contribution in [-0.2, 0) is 9.53 Å². The lowest BCUT2D eigenvalue weighted by atomic mass is 9.97. The second-order valence-electron chi connectivity index (χ2n) is 3.94. The summed E-state index contributed by atoms with van der Waals surface area (Å²) in [5.41, 5.74) is 5.27. The highest BCUT2D eigenvalue weighted by atomic mass is 32.2. The van der Waals surface area contributed by atoms with Gasteiger partial charge in [-0.15, -0.1) is 0 Å². The summed E-state index contributed by atoms with van der Waals surface area (Å²) in [6, 6.07) is 0. The first kappa shape index (κ1) is 12.8. The fourth-order valence-electron chi connectivity index (χ4n) is 1.54. The minimum atomic E-state index is -0.811. The third-order valence-electron chi connectivity index (χ3n) is 2.66. The summed E-state index contributed by atoms with van der Waals surface area (Å²) in [5.74, 6) is 1.40. The third kappa shape index (κ3) is 3.36. The molecule has 0 radical (unpaired) electrons. The van der Waals surface area contributed by atoms with Crippen LogP contribution in [0.3, 0.4) is 0 Å². The number of thioether (sulfide) groups is 1. The number of carbonyl (C=O) groups excluding carboxylic acids is 1. The zero-order valence-electron chi connectivity index (χ0n) is 9.07. The van der Waals surface area contributed by atoms with E-state index >= 15 is 0 Å². The van der Waals surface area contributed by atoms with Crippen molar-refractivity contribution in [2.45, 2.75) is 24.8 Å². The van der Waals surface area contributed by atoms with Crippen molar-refractivity contribution in [1.82, 2.24) is 0 Å². The van der Waals surface area contributed by atoms with E-state index in [1.54, 1.807) is 11.8 Å². The Bertz CT molecular complexity index is 221. The second kappa shape index (κ2) is 5.72. The number of hydrogen-bond donors (Lipinski definition) is 2. The summed E-state index contributed by atoms with van der Waals surface area (Å²) < 4.78 is 4.75.